The summed E-state index contributed by atoms with van der Waals surface area (Å²) in [7, 11) is 0. The molecule has 0 aromatic rings. The lowest BCUT2D eigenvalue weighted by Crippen LogP contribution is -2.48. The highest BCUT2D eigenvalue weighted by molar-refractivity contribution is 5.81. The first-order valence-corrected chi connectivity index (χ1v) is 5.56. The summed E-state index contributed by atoms with van der Waals surface area (Å²) < 4.78 is 0. The second-order valence-corrected chi connectivity index (χ2v) is 5.04. The molecule has 4 nitrogen and oxygen atoms in total. The SMILES string of the molecule is CC(C)(CO)C(O)C(=O)NC1CCCC1. The third kappa shape index (κ3) is 3.18. The molecule has 1 aliphatic rings. The Morgan fingerprint density at radius 1 is 1.47 bits per heavy atom. The van der Waals surface area contributed by atoms with Crippen molar-refractivity contribution < 1.29 is 15.0 Å². The van der Waals surface area contributed by atoms with Crippen molar-refractivity contribution in [1.82, 2.24) is 5.32 Å². The van der Waals surface area contributed by atoms with Crippen LogP contribution in [-0.4, -0.2) is 34.9 Å². The van der Waals surface area contributed by atoms with E-state index in [-0.39, 0.29) is 18.6 Å². The molecule has 1 atom stereocenters. The van der Waals surface area contributed by atoms with Gasteiger partial charge in [0.15, 0.2) is 0 Å². The van der Waals surface area contributed by atoms with Crippen molar-refractivity contribution in [3.8, 4) is 0 Å². The quantitative estimate of drug-likeness (QED) is 0.636. The summed E-state index contributed by atoms with van der Waals surface area (Å²) >= 11 is 0. The van der Waals surface area contributed by atoms with E-state index in [1.54, 1.807) is 13.8 Å². The van der Waals surface area contributed by atoms with Gasteiger partial charge in [-0.05, 0) is 12.8 Å². The predicted octanol–water partition coefficient (Wildman–Crippen LogP) is 0.425. The molecule has 1 amide bonds. The van der Waals surface area contributed by atoms with Crippen LogP contribution in [0.4, 0.5) is 0 Å². The van der Waals surface area contributed by atoms with Crippen LogP contribution in [-0.2, 0) is 4.79 Å². The van der Waals surface area contributed by atoms with Gasteiger partial charge in [-0.3, -0.25) is 4.79 Å². The zero-order chi connectivity index (χ0) is 11.5. The third-order valence-electron chi connectivity index (χ3n) is 3.10. The normalized spacial score (nSPS) is 20.3. The zero-order valence-electron chi connectivity index (χ0n) is 9.49. The summed E-state index contributed by atoms with van der Waals surface area (Å²) in [6, 6.07) is 0.210. The van der Waals surface area contributed by atoms with Crippen molar-refractivity contribution in [2.24, 2.45) is 5.41 Å². The van der Waals surface area contributed by atoms with E-state index < -0.39 is 11.5 Å². The summed E-state index contributed by atoms with van der Waals surface area (Å²) in [5.41, 5.74) is -0.775. The van der Waals surface area contributed by atoms with Gasteiger partial charge in [0.25, 0.3) is 0 Å². The summed E-state index contributed by atoms with van der Waals surface area (Å²) in [6.07, 6.45) is 3.15. The summed E-state index contributed by atoms with van der Waals surface area (Å²) in [5, 5.41) is 21.6. The van der Waals surface area contributed by atoms with Crippen LogP contribution in [0.2, 0.25) is 0 Å². The molecule has 1 fully saturated rings. The number of carbonyl (C=O) groups is 1. The van der Waals surface area contributed by atoms with E-state index in [1.807, 2.05) is 0 Å². The lowest BCUT2D eigenvalue weighted by Gasteiger charge is -2.28. The first-order chi connectivity index (χ1) is 6.97. The fourth-order valence-electron chi connectivity index (χ4n) is 1.79. The Labute approximate surface area is 90.7 Å². The second kappa shape index (κ2) is 4.94. The van der Waals surface area contributed by atoms with E-state index in [1.165, 1.54) is 0 Å². The Kier molecular flexibility index (Phi) is 4.11. The fraction of sp³-hybridized carbons (Fsp3) is 0.909. The molecule has 1 saturated carbocycles. The number of carbonyl (C=O) groups excluding carboxylic acids is 1. The van der Waals surface area contributed by atoms with Gasteiger partial charge in [-0.1, -0.05) is 26.7 Å². The monoisotopic (exact) mass is 215 g/mol. The first-order valence-electron chi connectivity index (χ1n) is 5.56. The lowest BCUT2D eigenvalue weighted by molar-refractivity contribution is -0.137. The van der Waals surface area contributed by atoms with Crippen molar-refractivity contribution in [1.29, 1.82) is 0 Å². The molecule has 0 aromatic carbocycles. The number of aliphatic hydroxyl groups is 2. The van der Waals surface area contributed by atoms with Gasteiger partial charge in [-0.25, -0.2) is 0 Å². The van der Waals surface area contributed by atoms with Crippen LogP contribution in [0, 0.1) is 5.41 Å². The van der Waals surface area contributed by atoms with Crippen LogP contribution in [0.1, 0.15) is 39.5 Å². The number of nitrogens with one attached hydrogen (secondary N) is 1. The van der Waals surface area contributed by atoms with Gasteiger partial charge >= 0.3 is 0 Å². The van der Waals surface area contributed by atoms with Crippen molar-refractivity contribution in [3.05, 3.63) is 0 Å². The Morgan fingerprint density at radius 2 is 2.00 bits per heavy atom. The molecule has 0 spiro atoms. The molecule has 1 unspecified atom stereocenters. The Balaban J connectivity index is 2.45. The molecule has 0 aliphatic heterocycles. The van der Waals surface area contributed by atoms with Gasteiger partial charge < -0.3 is 15.5 Å². The van der Waals surface area contributed by atoms with E-state index in [2.05, 4.69) is 5.32 Å². The maximum atomic E-state index is 11.6. The third-order valence-corrected chi connectivity index (χ3v) is 3.10. The number of rotatable bonds is 4. The number of hydrogen-bond acceptors (Lipinski definition) is 3. The van der Waals surface area contributed by atoms with Gasteiger partial charge in [0.05, 0.1) is 6.61 Å². The average molecular weight is 215 g/mol. The van der Waals surface area contributed by atoms with Gasteiger partial charge in [0.1, 0.15) is 6.10 Å². The molecule has 0 aromatic heterocycles. The Morgan fingerprint density at radius 3 is 2.47 bits per heavy atom. The molecule has 15 heavy (non-hydrogen) atoms. The van der Waals surface area contributed by atoms with Crippen LogP contribution >= 0.6 is 0 Å². The topological polar surface area (TPSA) is 69.6 Å². The van der Waals surface area contributed by atoms with Crippen molar-refractivity contribution >= 4 is 5.91 Å². The molecular weight excluding hydrogens is 194 g/mol. The molecule has 1 aliphatic carbocycles. The van der Waals surface area contributed by atoms with Gasteiger partial charge in [0, 0.05) is 11.5 Å². The number of aliphatic hydroxyl groups excluding tert-OH is 2. The van der Waals surface area contributed by atoms with Crippen LogP contribution in [0.3, 0.4) is 0 Å². The highest BCUT2D eigenvalue weighted by Crippen LogP contribution is 2.22. The van der Waals surface area contributed by atoms with Gasteiger partial charge in [-0.2, -0.15) is 0 Å². The van der Waals surface area contributed by atoms with E-state index >= 15 is 0 Å². The average Bonchev–Trinajstić information content (AvgIpc) is 2.69. The minimum absolute atomic E-state index is 0.202. The maximum absolute atomic E-state index is 11.6. The van der Waals surface area contributed by atoms with Crippen molar-refractivity contribution in [3.63, 3.8) is 0 Å². The predicted molar refractivity (Wildman–Crippen MR) is 57.3 cm³/mol. The number of hydrogen-bond donors (Lipinski definition) is 3. The molecule has 0 heterocycles. The highest BCUT2D eigenvalue weighted by atomic mass is 16.3. The largest absolute Gasteiger partial charge is 0.396 e. The van der Waals surface area contributed by atoms with E-state index in [4.69, 9.17) is 5.11 Å². The second-order valence-electron chi connectivity index (χ2n) is 5.04. The van der Waals surface area contributed by atoms with E-state index in [9.17, 15) is 9.90 Å². The standard InChI is InChI=1S/C11H21NO3/c1-11(2,7-13)9(14)10(15)12-8-5-3-4-6-8/h8-9,13-14H,3-7H2,1-2H3,(H,12,15). The van der Waals surface area contributed by atoms with Crippen LogP contribution < -0.4 is 5.32 Å². The smallest absolute Gasteiger partial charge is 0.249 e. The van der Waals surface area contributed by atoms with Crippen LogP contribution in [0.15, 0.2) is 0 Å². The summed E-state index contributed by atoms with van der Waals surface area (Å²) in [4.78, 5) is 11.6. The minimum atomic E-state index is -1.14. The van der Waals surface area contributed by atoms with Gasteiger partial charge in [0.2, 0.25) is 5.91 Å². The van der Waals surface area contributed by atoms with E-state index in [0.29, 0.717) is 0 Å². The summed E-state index contributed by atoms with van der Waals surface area (Å²) in [6.45, 7) is 3.14. The van der Waals surface area contributed by atoms with Crippen molar-refractivity contribution in [2.45, 2.75) is 51.7 Å². The van der Waals surface area contributed by atoms with Crippen LogP contribution in [0.25, 0.3) is 0 Å². The molecule has 3 N–H and O–H groups in total. The maximum Gasteiger partial charge on any atom is 0.249 e. The zero-order valence-corrected chi connectivity index (χ0v) is 9.49. The highest BCUT2D eigenvalue weighted by Gasteiger charge is 2.34. The molecule has 0 saturated heterocycles. The molecular formula is C11H21NO3. The number of amides is 1. The molecule has 0 radical (unpaired) electrons. The Bertz CT molecular complexity index is 222. The Hall–Kier alpha value is -0.610. The van der Waals surface area contributed by atoms with E-state index in [0.717, 1.165) is 25.7 Å². The molecule has 88 valence electrons. The molecule has 4 heteroatoms. The molecule has 1 rings (SSSR count). The lowest BCUT2D eigenvalue weighted by atomic mass is 9.87. The fourth-order valence-corrected chi connectivity index (χ4v) is 1.79. The minimum Gasteiger partial charge on any atom is -0.396 e. The molecule has 0 bridgehead atoms. The van der Waals surface area contributed by atoms with Crippen molar-refractivity contribution in [2.75, 3.05) is 6.61 Å². The summed E-state index contributed by atoms with van der Waals surface area (Å²) in [5.74, 6) is -0.360. The van der Waals surface area contributed by atoms with Gasteiger partial charge in [-0.15, -0.1) is 0 Å². The first kappa shape index (κ1) is 12.5. The van der Waals surface area contributed by atoms with Crippen LogP contribution in [0.5, 0.6) is 0 Å².